The Morgan fingerprint density at radius 3 is 2.43 bits per heavy atom. The molecule has 30 heavy (non-hydrogen) atoms. The van der Waals surface area contributed by atoms with Gasteiger partial charge in [-0.05, 0) is 54.0 Å². The van der Waals surface area contributed by atoms with Crippen molar-refractivity contribution in [1.29, 1.82) is 0 Å². The van der Waals surface area contributed by atoms with Gasteiger partial charge in [-0.15, -0.1) is 0 Å². The van der Waals surface area contributed by atoms with Crippen molar-refractivity contribution < 1.29 is 9.13 Å². The summed E-state index contributed by atoms with van der Waals surface area (Å²) >= 11 is 5.93. The lowest BCUT2D eigenvalue weighted by Gasteiger charge is -2.09. The molecule has 0 amide bonds. The van der Waals surface area contributed by atoms with E-state index in [1.807, 2.05) is 55.5 Å². The Bertz CT molecular complexity index is 1140. The van der Waals surface area contributed by atoms with Crippen molar-refractivity contribution in [2.24, 2.45) is 0 Å². The maximum Gasteiger partial charge on any atom is 0.159 e. The molecule has 0 spiro atoms. The van der Waals surface area contributed by atoms with Gasteiger partial charge in [-0.2, -0.15) is 0 Å². The fourth-order valence-electron chi connectivity index (χ4n) is 3.36. The number of hydrogen-bond acceptors (Lipinski definition) is 3. The monoisotopic (exact) mass is 420 g/mol. The minimum Gasteiger partial charge on any atom is -0.490 e. The highest BCUT2D eigenvalue weighted by Crippen LogP contribution is 2.27. The lowest BCUT2D eigenvalue weighted by atomic mass is 9.99. The molecule has 4 rings (SSSR count). The number of nitrogens with zero attached hydrogens (tertiary/aromatic N) is 2. The molecular formula is C25H22ClFN2O. The fraction of sp³-hybridized carbons (Fsp3) is 0.200. The molecule has 0 fully saturated rings. The van der Waals surface area contributed by atoms with E-state index >= 15 is 4.39 Å². The van der Waals surface area contributed by atoms with Crippen molar-refractivity contribution in [3.8, 4) is 17.1 Å². The molecule has 1 aromatic heterocycles. The summed E-state index contributed by atoms with van der Waals surface area (Å²) in [7, 11) is 0. The van der Waals surface area contributed by atoms with Crippen molar-refractivity contribution in [2.45, 2.75) is 26.2 Å². The lowest BCUT2D eigenvalue weighted by molar-refractivity contribution is 0.315. The molecule has 0 aliphatic carbocycles. The largest absolute Gasteiger partial charge is 0.490 e. The van der Waals surface area contributed by atoms with Gasteiger partial charge < -0.3 is 4.74 Å². The molecule has 0 saturated carbocycles. The van der Waals surface area contributed by atoms with Crippen LogP contribution < -0.4 is 4.74 Å². The number of benzene rings is 3. The van der Waals surface area contributed by atoms with Crippen LogP contribution in [0.15, 0.2) is 67.0 Å². The second-order valence-corrected chi connectivity index (χ2v) is 7.63. The maximum absolute atomic E-state index is 15.1. The molecule has 3 aromatic carbocycles. The van der Waals surface area contributed by atoms with Gasteiger partial charge in [0.1, 0.15) is 5.82 Å². The van der Waals surface area contributed by atoms with Crippen LogP contribution in [0, 0.1) is 5.82 Å². The Labute approximate surface area is 180 Å². The Hall–Kier alpha value is -2.98. The van der Waals surface area contributed by atoms with Gasteiger partial charge in [0.25, 0.3) is 0 Å². The predicted molar refractivity (Wildman–Crippen MR) is 120 cm³/mol. The molecule has 1 heterocycles. The molecular weight excluding hydrogens is 399 g/mol. The van der Waals surface area contributed by atoms with Crippen molar-refractivity contribution in [2.75, 3.05) is 6.61 Å². The number of hydrogen-bond donors (Lipinski definition) is 0. The molecule has 4 aromatic rings. The molecule has 152 valence electrons. The van der Waals surface area contributed by atoms with Crippen molar-refractivity contribution in [1.82, 2.24) is 9.97 Å². The first-order valence-electron chi connectivity index (χ1n) is 10.0. The van der Waals surface area contributed by atoms with E-state index in [9.17, 15) is 0 Å². The first-order chi connectivity index (χ1) is 14.6. The molecule has 3 nitrogen and oxygen atoms in total. The van der Waals surface area contributed by atoms with E-state index in [1.165, 1.54) is 0 Å². The summed E-state index contributed by atoms with van der Waals surface area (Å²) in [5, 5.41) is 2.14. The second kappa shape index (κ2) is 9.23. The molecule has 0 N–H and O–H groups in total. The molecule has 0 saturated heterocycles. The van der Waals surface area contributed by atoms with Gasteiger partial charge in [0, 0.05) is 16.0 Å². The Morgan fingerprint density at radius 2 is 1.70 bits per heavy atom. The van der Waals surface area contributed by atoms with Gasteiger partial charge in [0.2, 0.25) is 0 Å². The van der Waals surface area contributed by atoms with Crippen LogP contribution in [-0.4, -0.2) is 16.6 Å². The zero-order valence-electron chi connectivity index (χ0n) is 16.7. The van der Waals surface area contributed by atoms with E-state index in [-0.39, 0.29) is 5.82 Å². The molecule has 0 unspecified atom stereocenters. The third kappa shape index (κ3) is 4.60. The minimum atomic E-state index is -0.169. The van der Waals surface area contributed by atoms with Crippen LogP contribution in [0.2, 0.25) is 5.02 Å². The SMILES string of the molecule is CCCOc1cnc(-c2ccc3c(F)c(CCc4ccc(Cl)cc4)ccc3c2)nc1. The number of halogens is 2. The van der Waals surface area contributed by atoms with Crippen LogP contribution in [0.3, 0.4) is 0 Å². The molecule has 0 radical (unpaired) electrons. The van der Waals surface area contributed by atoms with Gasteiger partial charge in [-0.1, -0.05) is 54.9 Å². The Morgan fingerprint density at radius 1 is 0.933 bits per heavy atom. The summed E-state index contributed by atoms with van der Waals surface area (Å²) in [6.45, 7) is 2.69. The standard InChI is InChI=1S/C25H22ClFN2O/c1-2-13-30-22-15-28-25(29-16-22)20-9-12-23-19(14-20)8-7-18(24(23)27)6-3-17-4-10-21(26)11-5-17/h4-5,7-12,14-16H,2-3,6,13H2,1H3. The van der Waals surface area contributed by atoms with E-state index in [4.69, 9.17) is 16.3 Å². The van der Waals surface area contributed by atoms with Crippen LogP contribution in [0.1, 0.15) is 24.5 Å². The third-order valence-electron chi connectivity index (χ3n) is 4.99. The Kier molecular flexibility index (Phi) is 6.24. The van der Waals surface area contributed by atoms with Crippen LogP contribution in [-0.2, 0) is 12.8 Å². The highest BCUT2D eigenvalue weighted by molar-refractivity contribution is 6.30. The minimum absolute atomic E-state index is 0.169. The summed E-state index contributed by atoms with van der Waals surface area (Å²) in [6.07, 6.45) is 5.66. The summed E-state index contributed by atoms with van der Waals surface area (Å²) in [5.74, 6) is 1.07. The van der Waals surface area contributed by atoms with Gasteiger partial charge in [-0.25, -0.2) is 14.4 Å². The Balaban J connectivity index is 1.54. The maximum atomic E-state index is 15.1. The van der Waals surface area contributed by atoms with Gasteiger partial charge in [0.05, 0.1) is 19.0 Å². The van der Waals surface area contributed by atoms with E-state index in [0.29, 0.717) is 40.6 Å². The number of ether oxygens (including phenoxy) is 1. The average molecular weight is 421 g/mol. The van der Waals surface area contributed by atoms with Gasteiger partial charge in [0.15, 0.2) is 11.6 Å². The highest BCUT2D eigenvalue weighted by Gasteiger charge is 2.10. The molecule has 0 aliphatic rings. The zero-order valence-corrected chi connectivity index (χ0v) is 17.5. The zero-order chi connectivity index (χ0) is 20.9. The molecule has 0 bridgehead atoms. The molecule has 0 aliphatic heterocycles. The van der Waals surface area contributed by atoms with E-state index in [0.717, 1.165) is 29.4 Å². The second-order valence-electron chi connectivity index (χ2n) is 7.19. The van der Waals surface area contributed by atoms with Crippen molar-refractivity contribution >= 4 is 22.4 Å². The average Bonchev–Trinajstić information content (AvgIpc) is 2.78. The highest BCUT2D eigenvalue weighted by atomic mass is 35.5. The third-order valence-corrected chi connectivity index (χ3v) is 5.24. The summed E-state index contributed by atoms with van der Waals surface area (Å²) in [5.41, 5.74) is 2.69. The topological polar surface area (TPSA) is 35.0 Å². The van der Waals surface area contributed by atoms with E-state index in [1.54, 1.807) is 18.5 Å². The summed E-state index contributed by atoms with van der Waals surface area (Å²) in [6, 6.07) is 17.1. The number of aryl methyl sites for hydroxylation is 2. The van der Waals surface area contributed by atoms with Gasteiger partial charge in [-0.3, -0.25) is 0 Å². The van der Waals surface area contributed by atoms with Crippen LogP contribution in [0.5, 0.6) is 5.75 Å². The van der Waals surface area contributed by atoms with Crippen molar-refractivity contribution in [3.63, 3.8) is 0 Å². The fourth-order valence-corrected chi connectivity index (χ4v) is 3.48. The molecule has 5 heteroatoms. The number of aromatic nitrogens is 2. The van der Waals surface area contributed by atoms with Crippen molar-refractivity contribution in [3.05, 3.63) is 89.0 Å². The van der Waals surface area contributed by atoms with Crippen LogP contribution >= 0.6 is 11.6 Å². The molecule has 0 atom stereocenters. The first kappa shape index (κ1) is 20.3. The predicted octanol–water partition coefficient (Wildman–Crippen LogP) is 6.66. The number of rotatable bonds is 7. The van der Waals surface area contributed by atoms with Crippen LogP contribution in [0.25, 0.3) is 22.2 Å². The summed E-state index contributed by atoms with van der Waals surface area (Å²) in [4.78, 5) is 8.76. The quantitative estimate of drug-likeness (QED) is 0.335. The van der Waals surface area contributed by atoms with Crippen LogP contribution in [0.4, 0.5) is 4.39 Å². The smallest absolute Gasteiger partial charge is 0.159 e. The summed E-state index contributed by atoms with van der Waals surface area (Å²) < 4.78 is 20.6. The first-order valence-corrected chi connectivity index (χ1v) is 10.4. The lowest BCUT2D eigenvalue weighted by Crippen LogP contribution is -1.98. The van der Waals surface area contributed by atoms with Gasteiger partial charge >= 0.3 is 0 Å². The normalized spacial score (nSPS) is 11.0. The van der Waals surface area contributed by atoms with E-state index in [2.05, 4.69) is 9.97 Å². The number of fused-ring (bicyclic) bond motifs is 1. The van der Waals surface area contributed by atoms with E-state index < -0.39 is 0 Å².